The van der Waals surface area contributed by atoms with E-state index in [9.17, 15) is 28.8 Å². The van der Waals surface area contributed by atoms with Gasteiger partial charge in [-0.1, -0.05) is 0 Å². The standard InChI is InChI=1S/3C4H7NO4.2La/c3*5-2(4(8)9)1-3(6)7;;/h3*2H,1,5H2,(H,6,7)(H,8,9);;/t3*2-;;/m110../s1. The SMILES string of the molecule is N[C@@H](CC(=O)O)C(=O)O.N[C@H](CC(=O)O)C(=O)O.N[C@H](CC(=O)O)C(=O)O.[La].[La]. The molecular formula is C12H21La2N3O12. The Morgan fingerprint density at radius 3 is 0.655 bits per heavy atom. The van der Waals surface area contributed by atoms with Gasteiger partial charge in [0.15, 0.2) is 0 Å². The third-order valence-electron chi connectivity index (χ3n) is 2.14. The molecule has 0 rings (SSSR count). The molecule has 0 aromatic carbocycles. The van der Waals surface area contributed by atoms with Gasteiger partial charge in [-0.3, -0.25) is 28.8 Å². The van der Waals surface area contributed by atoms with E-state index in [1.165, 1.54) is 0 Å². The summed E-state index contributed by atoms with van der Waals surface area (Å²) in [7, 11) is 0. The molecule has 29 heavy (non-hydrogen) atoms. The Morgan fingerprint density at radius 1 is 0.483 bits per heavy atom. The van der Waals surface area contributed by atoms with Crippen LogP contribution in [0.1, 0.15) is 19.3 Å². The molecule has 0 heterocycles. The molecule has 3 atom stereocenters. The van der Waals surface area contributed by atoms with Crippen LogP contribution in [0, 0.1) is 71.2 Å². The first kappa shape index (κ1) is 38.7. The molecule has 0 spiro atoms. The summed E-state index contributed by atoms with van der Waals surface area (Å²) in [4.78, 5) is 58.9. The predicted octanol–water partition coefficient (Wildman–Crippen LogP) is -3.38. The quantitative estimate of drug-likeness (QED) is 0.115. The minimum atomic E-state index is -1.29. The van der Waals surface area contributed by atoms with Gasteiger partial charge in [-0.05, 0) is 0 Å². The molecule has 0 aromatic rings. The van der Waals surface area contributed by atoms with Gasteiger partial charge in [-0.15, -0.1) is 0 Å². The maximum atomic E-state index is 9.85. The second-order valence-electron chi connectivity index (χ2n) is 4.63. The number of hydrogen-bond acceptors (Lipinski definition) is 9. The molecule has 0 bridgehead atoms. The molecule has 2 radical (unpaired) electrons. The van der Waals surface area contributed by atoms with E-state index in [1.807, 2.05) is 0 Å². The predicted molar refractivity (Wildman–Crippen MR) is 83.6 cm³/mol. The van der Waals surface area contributed by atoms with Crippen LogP contribution in [0.3, 0.4) is 0 Å². The van der Waals surface area contributed by atoms with Gasteiger partial charge in [0.05, 0.1) is 19.3 Å². The van der Waals surface area contributed by atoms with Crippen molar-refractivity contribution < 1.29 is 131 Å². The van der Waals surface area contributed by atoms with Gasteiger partial charge >= 0.3 is 35.8 Å². The summed E-state index contributed by atoms with van der Waals surface area (Å²) in [6.45, 7) is 0. The minimum absolute atomic E-state index is 0. The minimum Gasteiger partial charge on any atom is -0.481 e. The van der Waals surface area contributed by atoms with Gasteiger partial charge in [-0.25, -0.2) is 0 Å². The van der Waals surface area contributed by atoms with E-state index >= 15 is 0 Å². The molecule has 12 N–H and O–H groups in total. The van der Waals surface area contributed by atoms with Crippen molar-refractivity contribution in [3.63, 3.8) is 0 Å². The van der Waals surface area contributed by atoms with E-state index in [0.29, 0.717) is 0 Å². The van der Waals surface area contributed by atoms with Gasteiger partial charge in [0.25, 0.3) is 0 Å². The summed E-state index contributed by atoms with van der Waals surface area (Å²) < 4.78 is 0. The zero-order valence-electron chi connectivity index (χ0n) is 14.9. The number of aliphatic carboxylic acids is 6. The van der Waals surface area contributed by atoms with E-state index in [-0.39, 0.29) is 71.2 Å². The van der Waals surface area contributed by atoms with Gasteiger partial charge in [-0.2, -0.15) is 0 Å². The van der Waals surface area contributed by atoms with Crippen LogP contribution in [0.15, 0.2) is 0 Å². The molecule has 0 amide bonds. The largest absolute Gasteiger partial charge is 0.481 e. The Bertz CT molecular complexity index is 484. The maximum Gasteiger partial charge on any atom is 0.321 e. The van der Waals surface area contributed by atoms with Crippen molar-refractivity contribution in [1.29, 1.82) is 0 Å². The van der Waals surface area contributed by atoms with Crippen LogP contribution in [0.4, 0.5) is 0 Å². The molecule has 15 nitrogen and oxygen atoms in total. The summed E-state index contributed by atoms with van der Waals surface area (Å²) in [5, 5.41) is 48.1. The van der Waals surface area contributed by atoms with E-state index in [1.54, 1.807) is 0 Å². The topological polar surface area (TPSA) is 302 Å². The second kappa shape index (κ2) is 21.8. The molecule has 0 aliphatic heterocycles. The number of carbonyl (C=O) groups is 6. The Balaban J connectivity index is -0.0000000960. The smallest absolute Gasteiger partial charge is 0.321 e. The molecule has 0 aromatic heterocycles. The van der Waals surface area contributed by atoms with Crippen LogP contribution in [0.5, 0.6) is 0 Å². The fourth-order valence-electron chi connectivity index (χ4n) is 0.826. The third-order valence-corrected chi connectivity index (χ3v) is 2.14. The number of rotatable bonds is 9. The summed E-state index contributed by atoms with van der Waals surface area (Å²) >= 11 is 0. The molecule has 0 aliphatic rings. The van der Waals surface area contributed by atoms with Crippen molar-refractivity contribution in [2.75, 3.05) is 0 Å². The maximum absolute atomic E-state index is 9.85. The first-order chi connectivity index (χ1) is 12.1. The van der Waals surface area contributed by atoms with Gasteiger partial charge in [0.1, 0.15) is 18.1 Å². The molecule has 0 saturated heterocycles. The fraction of sp³-hybridized carbons (Fsp3) is 0.500. The van der Waals surface area contributed by atoms with Crippen molar-refractivity contribution in [2.24, 2.45) is 17.2 Å². The van der Waals surface area contributed by atoms with Crippen molar-refractivity contribution in [3.05, 3.63) is 0 Å². The average molecular weight is 677 g/mol. The zero-order chi connectivity index (χ0) is 22.3. The Morgan fingerprint density at radius 2 is 0.621 bits per heavy atom. The normalized spacial score (nSPS) is 11.7. The van der Waals surface area contributed by atoms with Crippen molar-refractivity contribution >= 4 is 35.8 Å². The number of hydrogen-bond donors (Lipinski definition) is 9. The van der Waals surface area contributed by atoms with E-state index in [0.717, 1.165) is 0 Å². The van der Waals surface area contributed by atoms with Crippen LogP contribution in [0.25, 0.3) is 0 Å². The van der Waals surface area contributed by atoms with Gasteiger partial charge in [0.2, 0.25) is 0 Å². The molecular weight excluding hydrogens is 656 g/mol. The molecule has 17 heteroatoms. The molecule has 0 fully saturated rings. The Kier molecular flexibility index (Phi) is 29.1. The van der Waals surface area contributed by atoms with Crippen LogP contribution < -0.4 is 17.2 Å². The second-order valence-corrected chi connectivity index (χ2v) is 4.63. The Labute approximate surface area is 219 Å². The number of carboxylic acid groups (broad SMARTS) is 6. The van der Waals surface area contributed by atoms with E-state index in [2.05, 4.69) is 0 Å². The van der Waals surface area contributed by atoms with Crippen LogP contribution >= 0.6 is 0 Å². The van der Waals surface area contributed by atoms with Gasteiger partial charge < -0.3 is 47.8 Å². The number of carboxylic acids is 6. The monoisotopic (exact) mass is 677 g/mol. The van der Waals surface area contributed by atoms with Crippen LogP contribution in [0.2, 0.25) is 0 Å². The summed E-state index contributed by atoms with van der Waals surface area (Å²) in [6, 6.07) is -3.87. The fourth-order valence-corrected chi connectivity index (χ4v) is 0.826. The molecule has 162 valence electrons. The van der Waals surface area contributed by atoms with Crippen LogP contribution in [-0.2, 0) is 28.8 Å². The summed E-state index contributed by atoms with van der Waals surface area (Å²) in [6.07, 6.45) is -1.60. The first-order valence-electron chi connectivity index (χ1n) is 6.72. The molecule has 0 aliphatic carbocycles. The Hall–Kier alpha value is -0.910. The summed E-state index contributed by atoms with van der Waals surface area (Å²) in [5.74, 6) is -7.49. The van der Waals surface area contributed by atoms with E-state index < -0.39 is 73.2 Å². The van der Waals surface area contributed by atoms with Crippen LogP contribution in [-0.4, -0.2) is 84.6 Å². The zero-order valence-corrected chi connectivity index (χ0v) is 22.1. The number of nitrogens with two attached hydrogens (primary N) is 3. The van der Waals surface area contributed by atoms with E-state index in [4.69, 9.17) is 47.8 Å². The first-order valence-corrected chi connectivity index (χ1v) is 6.72. The molecule has 0 unspecified atom stereocenters. The summed E-state index contributed by atoms with van der Waals surface area (Å²) in [5.41, 5.74) is 14.5. The van der Waals surface area contributed by atoms with Crippen molar-refractivity contribution in [3.8, 4) is 0 Å². The van der Waals surface area contributed by atoms with Crippen molar-refractivity contribution in [1.82, 2.24) is 0 Å². The van der Waals surface area contributed by atoms with Gasteiger partial charge in [0, 0.05) is 71.2 Å². The molecule has 0 saturated carbocycles. The third kappa shape index (κ3) is 32.0. The average Bonchev–Trinajstić information content (AvgIpc) is 2.46. The van der Waals surface area contributed by atoms with Crippen molar-refractivity contribution in [2.45, 2.75) is 37.4 Å².